The van der Waals surface area contributed by atoms with E-state index in [1.807, 2.05) is 42.2 Å². The van der Waals surface area contributed by atoms with Crippen LogP contribution in [0.3, 0.4) is 0 Å². The van der Waals surface area contributed by atoms with Crippen LogP contribution in [0.25, 0.3) is 0 Å². The number of imidazole rings is 1. The van der Waals surface area contributed by atoms with E-state index < -0.39 is 0 Å². The van der Waals surface area contributed by atoms with E-state index in [0.717, 1.165) is 30.8 Å². The van der Waals surface area contributed by atoms with Crippen LogP contribution in [0, 0.1) is 0 Å². The number of nitrogens with zero attached hydrogens (tertiary/aromatic N) is 2. The minimum Gasteiger partial charge on any atom is -0.337 e. The Morgan fingerprint density at radius 2 is 2.00 bits per heavy atom. The van der Waals surface area contributed by atoms with Crippen LogP contribution in [-0.4, -0.2) is 16.1 Å². The lowest BCUT2D eigenvalue weighted by atomic mass is 10.0. The normalized spacial score (nSPS) is 12.6. The Morgan fingerprint density at radius 1 is 1.30 bits per heavy atom. The standard InChI is InChI=1S/C15H19Cl2N3/c1-3-7-18-14(15-19-8-9-20(15)2)10-11-12(16)5-4-6-13(11)17/h4-6,8-9,14,18H,3,7,10H2,1-2H3. The van der Waals surface area contributed by atoms with Gasteiger partial charge in [0.2, 0.25) is 0 Å². The SMILES string of the molecule is CCCNC(Cc1c(Cl)cccc1Cl)c1nccn1C. The molecule has 5 heteroatoms. The van der Waals surface area contributed by atoms with Crippen molar-refractivity contribution in [3.05, 3.63) is 52.0 Å². The largest absolute Gasteiger partial charge is 0.337 e. The Morgan fingerprint density at radius 3 is 2.55 bits per heavy atom. The van der Waals surface area contributed by atoms with Gasteiger partial charge in [-0.1, -0.05) is 36.2 Å². The first-order valence-corrected chi connectivity index (χ1v) is 7.52. The van der Waals surface area contributed by atoms with Crippen LogP contribution in [0.15, 0.2) is 30.6 Å². The zero-order valence-corrected chi connectivity index (χ0v) is 13.2. The van der Waals surface area contributed by atoms with Crippen molar-refractivity contribution in [2.45, 2.75) is 25.8 Å². The number of aryl methyl sites for hydroxylation is 1. The minimum atomic E-state index is 0.104. The first kappa shape index (κ1) is 15.4. The number of hydrogen-bond donors (Lipinski definition) is 1. The van der Waals surface area contributed by atoms with Crippen LogP contribution in [0.1, 0.15) is 30.8 Å². The molecule has 0 spiro atoms. The molecule has 0 aliphatic rings. The molecule has 0 radical (unpaired) electrons. The molecule has 3 nitrogen and oxygen atoms in total. The highest BCUT2D eigenvalue weighted by Crippen LogP contribution is 2.28. The molecule has 108 valence electrons. The molecule has 1 unspecified atom stereocenters. The Labute approximate surface area is 129 Å². The second kappa shape index (κ2) is 7.11. The molecule has 0 bridgehead atoms. The van der Waals surface area contributed by atoms with E-state index in [-0.39, 0.29) is 6.04 Å². The molecule has 0 saturated carbocycles. The average Bonchev–Trinajstić information content (AvgIpc) is 2.84. The van der Waals surface area contributed by atoms with E-state index in [1.54, 1.807) is 0 Å². The predicted octanol–water partition coefficient (Wildman–Crippen LogP) is 4.01. The summed E-state index contributed by atoms with van der Waals surface area (Å²) < 4.78 is 2.03. The molecule has 0 amide bonds. The highest BCUT2D eigenvalue weighted by atomic mass is 35.5. The third-order valence-electron chi connectivity index (χ3n) is 3.28. The monoisotopic (exact) mass is 311 g/mol. The molecule has 20 heavy (non-hydrogen) atoms. The van der Waals surface area contributed by atoms with Gasteiger partial charge in [-0.3, -0.25) is 0 Å². The summed E-state index contributed by atoms with van der Waals surface area (Å²) in [5.74, 6) is 0.995. The first-order valence-electron chi connectivity index (χ1n) is 6.77. The molecule has 0 aliphatic carbocycles. The van der Waals surface area contributed by atoms with Gasteiger partial charge in [0.15, 0.2) is 0 Å². The molecule has 1 atom stereocenters. The summed E-state index contributed by atoms with van der Waals surface area (Å²) in [6.07, 6.45) is 5.55. The molecule has 1 N–H and O–H groups in total. The van der Waals surface area contributed by atoms with Gasteiger partial charge in [-0.15, -0.1) is 0 Å². The Bertz CT molecular complexity index is 546. The highest BCUT2D eigenvalue weighted by molar-refractivity contribution is 6.36. The minimum absolute atomic E-state index is 0.104. The summed E-state index contributed by atoms with van der Waals surface area (Å²) in [4.78, 5) is 4.44. The van der Waals surface area contributed by atoms with Crippen LogP contribution in [0.2, 0.25) is 10.0 Å². The first-order chi connectivity index (χ1) is 9.63. The second-order valence-electron chi connectivity index (χ2n) is 4.81. The highest BCUT2D eigenvalue weighted by Gasteiger charge is 2.18. The third kappa shape index (κ3) is 3.54. The number of hydrogen-bond acceptors (Lipinski definition) is 2. The smallest absolute Gasteiger partial charge is 0.125 e. The molecule has 2 rings (SSSR count). The van der Waals surface area contributed by atoms with Crippen LogP contribution >= 0.6 is 23.2 Å². The van der Waals surface area contributed by atoms with Crippen molar-refractivity contribution in [2.24, 2.45) is 7.05 Å². The zero-order chi connectivity index (χ0) is 14.5. The van der Waals surface area contributed by atoms with E-state index >= 15 is 0 Å². The van der Waals surface area contributed by atoms with Crippen molar-refractivity contribution >= 4 is 23.2 Å². The number of halogens is 2. The third-order valence-corrected chi connectivity index (χ3v) is 3.99. The molecule has 2 aromatic rings. The molecular formula is C15H19Cl2N3. The van der Waals surface area contributed by atoms with Gasteiger partial charge in [0.05, 0.1) is 6.04 Å². The van der Waals surface area contributed by atoms with Crippen molar-refractivity contribution < 1.29 is 0 Å². The number of aromatic nitrogens is 2. The lowest BCUT2D eigenvalue weighted by Gasteiger charge is -2.19. The van der Waals surface area contributed by atoms with Crippen LogP contribution in [0.5, 0.6) is 0 Å². The maximum absolute atomic E-state index is 6.27. The molecule has 1 heterocycles. The fourth-order valence-corrected chi connectivity index (χ4v) is 2.77. The Kier molecular flexibility index (Phi) is 5.46. The van der Waals surface area contributed by atoms with Gasteiger partial charge in [-0.25, -0.2) is 4.98 Å². The van der Waals surface area contributed by atoms with Crippen LogP contribution in [-0.2, 0) is 13.5 Å². The van der Waals surface area contributed by atoms with Crippen molar-refractivity contribution in [3.63, 3.8) is 0 Å². The maximum atomic E-state index is 6.27. The van der Waals surface area contributed by atoms with Gasteiger partial charge >= 0.3 is 0 Å². The van der Waals surface area contributed by atoms with Gasteiger partial charge in [0.1, 0.15) is 5.82 Å². The van der Waals surface area contributed by atoms with Crippen LogP contribution < -0.4 is 5.32 Å². The molecule has 1 aromatic carbocycles. The molecular weight excluding hydrogens is 293 g/mol. The topological polar surface area (TPSA) is 29.9 Å². The van der Waals surface area contributed by atoms with Gasteiger partial charge in [0.25, 0.3) is 0 Å². The molecule has 0 saturated heterocycles. The Balaban J connectivity index is 2.26. The number of benzene rings is 1. The number of nitrogens with one attached hydrogen (secondary N) is 1. The fraction of sp³-hybridized carbons (Fsp3) is 0.400. The summed E-state index contributed by atoms with van der Waals surface area (Å²) in [6.45, 7) is 3.07. The lowest BCUT2D eigenvalue weighted by molar-refractivity contribution is 0.491. The van der Waals surface area contributed by atoms with E-state index in [2.05, 4.69) is 17.2 Å². The van der Waals surface area contributed by atoms with Crippen molar-refractivity contribution in [1.29, 1.82) is 0 Å². The number of rotatable bonds is 6. The summed E-state index contributed by atoms with van der Waals surface area (Å²) >= 11 is 12.5. The molecule has 0 fully saturated rings. The lowest BCUT2D eigenvalue weighted by Crippen LogP contribution is -2.26. The molecule has 0 aliphatic heterocycles. The summed E-state index contributed by atoms with van der Waals surface area (Å²) in [6, 6.07) is 5.71. The summed E-state index contributed by atoms with van der Waals surface area (Å²) in [5, 5.41) is 4.92. The van der Waals surface area contributed by atoms with Gasteiger partial charge in [0, 0.05) is 29.5 Å². The summed E-state index contributed by atoms with van der Waals surface area (Å²) in [7, 11) is 2.00. The molecule has 1 aromatic heterocycles. The van der Waals surface area contributed by atoms with Gasteiger partial charge < -0.3 is 9.88 Å². The predicted molar refractivity (Wildman–Crippen MR) is 84.4 cm³/mol. The van der Waals surface area contributed by atoms with Gasteiger partial charge in [-0.05, 0) is 37.1 Å². The zero-order valence-electron chi connectivity index (χ0n) is 11.7. The van der Waals surface area contributed by atoms with E-state index in [0.29, 0.717) is 10.0 Å². The van der Waals surface area contributed by atoms with Crippen molar-refractivity contribution in [1.82, 2.24) is 14.9 Å². The van der Waals surface area contributed by atoms with Gasteiger partial charge in [-0.2, -0.15) is 0 Å². The average molecular weight is 312 g/mol. The van der Waals surface area contributed by atoms with E-state index in [4.69, 9.17) is 23.2 Å². The summed E-state index contributed by atoms with van der Waals surface area (Å²) in [5.41, 5.74) is 0.965. The maximum Gasteiger partial charge on any atom is 0.125 e. The van der Waals surface area contributed by atoms with Crippen molar-refractivity contribution in [2.75, 3.05) is 6.54 Å². The van der Waals surface area contributed by atoms with E-state index in [9.17, 15) is 0 Å². The van der Waals surface area contributed by atoms with E-state index in [1.165, 1.54) is 0 Å². The van der Waals surface area contributed by atoms with Crippen LogP contribution in [0.4, 0.5) is 0 Å². The quantitative estimate of drug-likeness (QED) is 0.873. The Hall–Kier alpha value is -1.03. The van der Waals surface area contributed by atoms with Crippen molar-refractivity contribution in [3.8, 4) is 0 Å². The second-order valence-corrected chi connectivity index (χ2v) is 5.62. The fourth-order valence-electron chi connectivity index (χ4n) is 2.22.